The minimum absolute atomic E-state index is 0.00661. The Kier molecular flexibility index (Phi) is 44.3. The number of carbonyl (C=O) groups excluding carboxylic acids is 1. The Morgan fingerprint density at radius 3 is 1.37 bits per heavy atom. The standard InChI is InChI=1S/C56H97N2O6P/c1-6-8-10-12-14-15-16-17-18-19-20-21-22-23-24-25-26-27-28-29-30-31-32-33-34-35-36-37-38-39-40-41-42-43-44-46-48-50-56(60)57-54(55(59)49-47-45-13-11-9-7-2)53-64-65(61,62)63-52-51-58(3,4)5/h8,10,14-15,17-18,20-21,23-24,26-27,29-30,32-33,47,49,54-55,59H,6-7,9,11-13,16,19,22,25,28,31,34-46,48,50-53H2,1-5H3,(H-,57,60,61,62)/b10-8-,15-14-,18-17-,21-20-,24-23-,27-26-,30-29-,33-32-,49-47+. The predicted molar refractivity (Wildman–Crippen MR) is 279 cm³/mol. The molecule has 8 nitrogen and oxygen atoms in total. The Morgan fingerprint density at radius 1 is 0.554 bits per heavy atom. The molecule has 65 heavy (non-hydrogen) atoms. The number of nitrogens with zero attached hydrogens (tertiary/aromatic N) is 1. The number of rotatable bonds is 45. The highest BCUT2D eigenvalue weighted by Gasteiger charge is 2.23. The van der Waals surface area contributed by atoms with Crippen LogP contribution in [-0.4, -0.2) is 68.5 Å². The van der Waals surface area contributed by atoms with Crippen LogP contribution in [0.4, 0.5) is 0 Å². The highest BCUT2D eigenvalue weighted by molar-refractivity contribution is 7.45. The summed E-state index contributed by atoms with van der Waals surface area (Å²) in [6.07, 6.45) is 67.7. The second kappa shape index (κ2) is 46.3. The van der Waals surface area contributed by atoms with Crippen molar-refractivity contribution in [3.63, 3.8) is 0 Å². The number of phosphoric acid groups is 1. The number of likely N-dealkylation sites (N-methyl/N-ethyl adjacent to an activating group) is 1. The number of unbranched alkanes of at least 4 members (excludes halogenated alkanes) is 16. The van der Waals surface area contributed by atoms with Crippen molar-refractivity contribution in [3.8, 4) is 0 Å². The third kappa shape index (κ3) is 48.9. The molecule has 0 aliphatic heterocycles. The lowest BCUT2D eigenvalue weighted by Crippen LogP contribution is -2.45. The molecule has 0 aliphatic rings. The Bertz CT molecular complexity index is 1420. The lowest BCUT2D eigenvalue weighted by atomic mass is 10.0. The highest BCUT2D eigenvalue weighted by atomic mass is 31.2. The van der Waals surface area contributed by atoms with Gasteiger partial charge in [0, 0.05) is 6.42 Å². The van der Waals surface area contributed by atoms with Crippen molar-refractivity contribution in [2.45, 2.75) is 199 Å². The zero-order valence-electron chi connectivity index (χ0n) is 42.1. The first kappa shape index (κ1) is 62.2. The smallest absolute Gasteiger partial charge is 0.268 e. The van der Waals surface area contributed by atoms with Crippen LogP contribution in [0.25, 0.3) is 0 Å². The molecule has 0 aromatic carbocycles. The molecule has 3 atom stereocenters. The van der Waals surface area contributed by atoms with E-state index in [1.54, 1.807) is 6.08 Å². The molecule has 9 heteroatoms. The fraction of sp³-hybridized carbons (Fsp3) is 0.661. The molecule has 0 rings (SSSR count). The molecule has 0 fully saturated rings. The molecular formula is C56H97N2O6P. The lowest BCUT2D eigenvalue weighted by Gasteiger charge is -2.29. The number of quaternary nitrogens is 1. The molecule has 3 unspecified atom stereocenters. The van der Waals surface area contributed by atoms with Gasteiger partial charge in [-0.05, 0) is 83.5 Å². The van der Waals surface area contributed by atoms with Crippen LogP contribution in [0.5, 0.6) is 0 Å². The van der Waals surface area contributed by atoms with Crippen molar-refractivity contribution in [2.24, 2.45) is 0 Å². The van der Waals surface area contributed by atoms with E-state index in [0.717, 1.165) is 96.3 Å². The van der Waals surface area contributed by atoms with Crippen LogP contribution in [0.1, 0.15) is 187 Å². The molecule has 0 bridgehead atoms. The second-order valence-electron chi connectivity index (χ2n) is 18.1. The average molecular weight is 925 g/mol. The van der Waals surface area contributed by atoms with E-state index in [1.165, 1.54) is 70.6 Å². The normalized spacial score (nSPS) is 15.0. The third-order valence-electron chi connectivity index (χ3n) is 10.7. The molecule has 0 aliphatic carbocycles. The predicted octanol–water partition coefficient (Wildman–Crippen LogP) is 14.6. The first-order chi connectivity index (χ1) is 31.5. The summed E-state index contributed by atoms with van der Waals surface area (Å²) in [5.41, 5.74) is 0. The summed E-state index contributed by atoms with van der Waals surface area (Å²) >= 11 is 0. The van der Waals surface area contributed by atoms with Gasteiger partial charge >= 0.3 is 0 Å². The molecular weight excluding hydrogens is 828 g/mol. The van der Waals surface area contributed by atoms with Crippen molar-refractivity contribution >= 4 is 13.7 Å². The number of hydrogen-bond donors (Lipinski definition) is 2. The number of aliphatic hydroxyl groups is 1. The van der Waals surface area contributed by atoms with Crippen LogP contribution in [-0.2, 0) is 18.4 Å². The third-order valence-corrected chi connectivity index (χ3v) is 11.7. The quantitative estimate of drug-likeness (QED) is 0.0273. The van der Waals surface area contributed by atoms with Crippen LogP contribution in [0.2, 0.25) is 0 Å². The Hall–Kier alpha value is -2.84. The van der Waals surface area contributed by atoms with E-state index in [2.05, 4.69) is 116 Å². The van der Waals surface area contributed by atoms with Crippen molar-refractivity contribution in [1.82, 2.24) is 5.32 Å². The van der Waals surface area contributed by atoms with Gasteiger partial charge in [-0.25, -0.2) is 0 Å². The van der Waals surface area contributed by atoms with Gasteiger partial charge in [-0.2, -0.15) is 0 Å². The highest BCUT2D eigenvalue weighted by Crippen LogP contribution is 2.38. The Labute approximate surface area is 400 Å². The SMILES string of the molecule is CC/C=C\C/C=C\C/C=C\C/C=C\C/C=C\C/C=C\C/C=C\C/C=C\CCCCCCCCCCCCCCC(=O)NC(COP(=O)([O-])OCC[N+](C)(C)C)C(O)/C=C/CCCCCC. The summed E-state index contributed by atoms with van der Waals surface area (Å²) in [6.45, 7) is 4.42. The van der Waals surface area contributed by atoms with E-state index in [4.69, 9.17) is 9.05 Å². The van der Waals surface area contributed by atoms with E-state index in [-0.39, 0.29) is 19.1 Å². The van der Waals surface area contributed by atoms with Gasteiger partial charge in [0.25, 0.3) is 7.82 Å². The number of amides is 1. The Morgan fingerprint density at radius 2 is 0.938 bits per heavy atom. The topological polar surface area (TPSA) is 108 Å². The van der Waals surface area contributed by atoms with Crippen LogP contribution in [0, 0.1) is 0 Å². The first-order valence-electron chi connectivity index (χ1n) is 25.7. The van der Waals surface area contributed by atoms with Crippen molar-refractivity contribution < 1.29 is 32.9 Å². The van der Waals surface area contributed by atoms with Crippen LogP contribution >= 0.6 is 7.82 Å². The molecule has 372 valence electrons. The van der Waals surface area contributed by atoms with Crippen LogP contribution in [0.15, 0.2) is 109 Å². The molecule has 0 heterocycles. The first-order valence-corrected chi connectivity index (χ1v) is 27.2. The summed E-state index contributed by atoms with van der Waals surface area (Å²) in [5, 5.41) is 13.6. The van der Waals surface area contributed by atoms with E-state index < -0.39 is 20.0 Å². The molecule has 0 radical (unpaired) electrons. The van der Waals surface area contributed by atoms with Crippen molar-refractivity contribution in [3.05, 3.63) is 109 Å². The molecule has 0 saturated carbocycles. The summed E-state index contributed by atoms with van der Waals surface area (Å²) < 4.78 is 23.1. The van der Waals surface area contributed by atoms with Crippen molar-refractivity contribution in [1.29, 1.82) is 0 Å². The molecule has 0 aromatic heterocycles. The minimum atomic E-state index is -4.58. The molecule has 0 aromatic rings. The number of phosphoric ester groups is 1. The van der Waals surface area contributed by atoms with Crippen LogP contribution < -0.4 is 10.2 Å². The van der Waals surface area contributed by atoms with E-state index in [0.29, 0.717) is 17.4 Å². The van der Waals surface area contributed by atoms with Gasteiger partial charge in [0.05, 0.1) is 39.9 Å². The van der Waals surface area contributed by atoms with Gasteiger partial charge < -0.3 is 28.8 Å². The maximum absolute atomic E-state index is 12.8. The number of aliphatic hydroxyl groups excluding tert-OH is 1. The average Bonchev–Trinajstić information content (AvgIpc) is 3.26. The van der Waals surface area contributed by atoms with E-state index in [9.17, 15) is 19.4 Å². The van der Waals surface area contributed by atoms with Gasteiger partial charge in [-0.3, -0.25) is 9.36 Å². The van der Waals surface area contributed by atoms with Gasteiger partial charge in [-0.15, -0.1) is 0 Å². The number of allylic oxidation sites excluding steroid dienone is 17. The van der Waals surface area contributed by atoms with Crippen LogP contribution in [0.3, 0.4) is 0 Å². The number of nitrogens with one attached hydrogen (secondary N) is 1. The van der Waals surface area contributed by atoms with Gasteiger partial charge in [0.2, 0.25) is 5.91 Å². The maximum Gasteiger partial charge on any atom is 0.268 e. The number of carbonyl (C=O) groups is 1. The maximum atomic E-state index is 12.8. The fourth-order valence-corrected chi connectivity index (χ4v) is 7.42. The molecule has 0 spiro atoms. The van der Waals surface area contributed by atoms with Gasteiger partial charge in [0.15, 0.2) is 0 Å². The molecule has 2 N–H and O–H groups in total. The summed E-state index contributed by atoms with van der Waals surface area (Å²) in [6, 6.07) is -0.890. The monoisotopic (exact) mass is 925 g/mol. The van der Waals surface area contributed by atoms with E-state index in [1.807, 2.05) is 27.2 Å². The summed E-state index contributed by atoms with van der Waals surface area (Å²) in [5.74, 6) is -0.211. The number of hydrogen-bond acceptors (Lipinski definition) is 6. The molecule has 0 saturated heterocycles. The lowest BCUT2D eigenvalue weighted by molar-refractivity contribution is -0.870. The van der Waals surface area contributed by atoms with Crippen molar-refractivity contribution in [2.75, 3.05) is 40.9 Å². The second-order valence-corrected chi connectivity index (χ2v) is 19.6. The zero-order valence-corrected chi connectivity index (χ0v) is 43.0. The fourth-order valence-electron chi connectivity index (χ4n) is 6.70. The van der Waals surface area contributed by atoms with Gasteiger partial charge in [-0.1, -0.05) is 207 Å². The summed E-state index contributed by atoms with van der Waals surface area (Å²) in [4.78, 5) is 25.2. The van der Waals surface area contributed by atoms with E-state index >= 15 is 0 Å². The molecule has 1 amide bonds. The largest absolute Gasteiger partial charge is 0.756 e. The minimum Gasteiger partial charge on any atom is -0.756 e. The Balaban J connectivity index is 3.94. The zero-order chi connectivity index (χ0) is 47.8. The summed E-state index contributed by atoms with van der Waals surface area (Å²) in [7, 11) is 1.24. The van der Waals surface area contributed by atoms with Gasteiger partial charge in [0.1, 0.15) is 13.2 Å².